The standard InChI is InChI=1S/C14H16FNO/c1-12(11-17)5-4-8-16(2)10-13-6-3-7-14(15)9-13/h3-9,11H,10H2,1-2H3/b8-4-,12-5-. The summed E-state index contributed by atoms with van der Waals surface area (Å²) in [5.41, 5.74) is 1.58. The van der Waals surface area contributed by atoms with E-state index in [0.717, 1.165) is 11.8 Å². The van der Waals surface area contributed by atoms with Crippen molar-refractivity contribution >= 4 is 6.29 Å². The van der Waals surface area contributed by atoms with Crippen LogP contribution in [0.2, 0.25) is 0 Å². The van der Waals surface area contributed by atoms with Gasteiger partial charge in [0.15, 0.2) is 0 Å². The summed E-state index contributed by atoms with van der Waals surface area (Å²) in [6, 6.07) is 6.50. The van der Waals surface area contributed by atoms with Crippen molar-refractivity contribution in [3.05, 3.63) is 59.6 Å². The van der Waals surface area contributed by atoms with Crippen LogP contribution < -0.4 is 0 Å². The molecule has 90 valence electrons. The molecule has 0 aliphatic carbocycles. The summed E-state index contributed by atoms with van der Waals surface area (Å²) < 4.78 is 12.9. The first-order valence-electron chi connectivity index (χ1n) is 5.37. The van der Waals surface area contributed by atoms with Gasteiger partial charge in [-0.2, -0.15) is 0 Å². The van der Waals surface area contributed by atoms with E-state index >= 15 is 0 Å². The van der Waals surface area contributed by atoms with Crippen LogP contribution in [0, 0.1) is 5.82 Å². The predicted molar refractivity (Wildman–Crippen MR) is 66.8 cm³/mol. The summed E-state index contributed by atoms with van der Waals surface area (Å²) in [5, 5.41) is 0. The maximum atomic E-state index is 12.9. The number of allylic oxidation sites excluding steroid dienone is 3. The molecule has 0 spiro atoms. The number of aldehydes is 1. The van der Waals surface area contributed by atoms with Gasteiger partial charge < -0.3 is 4.90 Å². The van der Waals surface area contributed by atoms with Crippen LogP contribution in [0.5, 0.6) is 0 Å². The lowest BCUT2D eigenvalue weighted by Crippen LogP contribution is -2.09. The zero-order valence-corrected chi connectivity index (χ0v) is 10.1. The van der Waals surface area contributed by atoms with Gasteiger partial charge in [-0.25, -0.2) is 4.39 Å². The van der Waals surface area contributed by atoms with Gasteiger partial charge in [0.2, 0.25) is 0 Å². The molecule has 0 bridgehead atoms. The summed E-state index contributed by atoms with van der Waals surface area (Å²) in [7, 11) is 1.89. The molecule has 1 aromatic carbocycles. The molecule has 0 saturated carbocycles. The van der Waals surface area contributed by atoms with Gasteiger partial charge in [0.1, 0.15) is 12.1 Å². The van der Waals surface area contributed by atoms with Crippen molar-refractivity contribution in [2.24, 2.45) is 0 Å². The van der Waals surface area contributed by atoms with E-state index in [1.54, 1.807) is 25.1 Å². The normalized spacial score (nSPS) is 11.8. The molecule has 0 N–H and O–H groups in total. The van der Waals surface area contributed by atoms with Crippen molar-refractivity contribution in [2.45, 2.75) is 13.5 Å². The fraction of sp³-hybridized carbons (Fsp3) is 0.214. The Balaban J connectivity index is 2.55. The maximum Gasteiger partial charge on any atom is 0.145 e. The summed E-state index contributed by atoms with van der Waals surface area (Å²) in [6.07, 6.45) is 6.17. The largest absolute Gasteiger partial charge is 0.376 e. The molecule has 0 saturated heterocycles. The van der Waals surface area contributed by atoms with E-state index in [0.29, 0.717) is 12.1 Å². The van der Waals surface area contributed by atoms with E-state index in [2.05, 4.69) is 0 Å². The molecule has 0 radical (unpaired) electrons. The lowest BCUT2D eigenvalue weighted by molar-refractivity contribution is -0.104. The molecule has 2 nitrogen and oxygen atoms in total. The zero-order chi connectivity index (χ0) is 12.7. The summed E-state index contributed by atoms with van der Waals surface area (Å²) in [4.78, 5) is 12.3. The lowest BCUT2D eigenvalue weighted by Gasteiger charge is -2.13. The van der Waals surface area contributed by atoms with Crippen molar-refractivity contribution < 1.29 is 9.18 Å². The van der Waals surface area contributed by atoms with Crippen LogP contribution in [0.1, 0.15) is 12.5 Å². The number of hydrogen-bond donors (Lipinski definition) is 0. The molecule has 0 unspecified atom stereocenters. The minimum absolute atomic E-state index is 0.225. The molecule has 0 amide bonds. The SMILES string of the molecule is C/C(C=O)=C/C=C\N(C)Cc1cccc(F)c1. The molecule has 0 atom stereocenters. The molecular weight excluding hydrogens is 217 g/mol. The van der Waals surface area contributed by atoms with Crippen LogP contribution in [0.15, 0.2) is 48.2 Å². The van der Waals surface area contributed by atoms with E-state index < -0.39 is 0 Å². The van der Waals surface area contributed by atoms with Gasteiger partial charge in [-0.05, 0) is 42.5 Å². The van der Waals surface area contributed by atoms with Gasteiger partial charge in [0.25, 0.3) is 0 Å². The van der Waals surface area contributed by atoms with Gasteiger partial charge in [-0.15, -0.1) is 0 Å². The number of hydrogen-bond acceptors (Lipinski definition) is 2. The molecule has 0 fully saturated rings. The summed E-state index contributed by atoms with van der Waals surface area (Å²) in [5.74, 6) is -0.225. The van der Waals surface area contributed by atoms with Crippen LogP contribution in [0.3, 0.4) is 0 Å². The highest BCUT2D eigenvalue weighted by atomic mass is 19.1. The zero-order valence-electron chi connectivity index (χ0n) is 10.1. The minimum Gasteiger partial charge on any atom is -0.376 e. The van der Waals surface area contributed by atoms with Crippen LogP contribution in [0.25, 0.3) is 0 Å². The second-order valence-electron chi connectivity index (χ2n) is 3.92. The second kappa shape index (κ2) is 6.63. The molecule has 1 aromatic rings. The van der Waals surface area contributed by atoms with Gasteiger partial charge >= 0.3 is 0 Å². The third kappa shape index (κ3) is 5.11. The van der Waals surface area contributed by atoms with Gasteiger partial charge in [0.05, 0.1) is 0 Å². The first-order chi connectivity index (χ1) is 8.11. The third-order valence-electron chi connectivity index (χ3n) is 2.21. The van der Waals surface area contributed by atoms with E-state index in [4.69, 9.17) is 0 Å². The molecule has 0 heterocycles. The van der Waals surface area contributed by atoms with Crippen molar-refractivity contribution in [1.29, 1.82) is 0 Å². The number of carbonyl (C=O) groups is 1. The average Bonchev–Trinajstić information content (AvgIpc) is 2.28. The lowest BCUT2D eigenvalue weighted by atomic mass is 10.2. The van der Waals surface area contributed by atoms with Crippen LogP contribution in [0.4, 0.5) is 4.39 Å². The Labute approximate surface area is 101 Å². The van der Waals surface area contributed by atoms with E-state index in [-0.39, 0.29) is 5.82 Å². The van der Waals surface area contributed by atoms with E-state index in [1.165, 1.54) is 12.1 Å². The topological polar surface area (TPSA) is 20.3 Å². The van der Waals surface area contributed by atoms with Crippen LogP contribution in [-0.2, 0) is 11.3 Å². The highest BCUT2D eigenvalue weighted by Crippen LogP contribution is 2.06. The quantitative estimate of drug-likeness (QED) is 0.443. The Bertz CT molecular complexity index is 438. The van der Waals surface area contributed by atoms with Crippen molar-refractivity contribution in [3.63, 3.8) is 0 Å². The molecule has 0 aromatic heterocycles. The van der Waals surface area contributed by atoms with Gasteiger partial charge in [-0.3, -0.25) is 4.79 Å². The average molecular weight is 233 g/mol. The molecule has 0 aliphatic rings. The Kier molecular flexibility index (Phi) is 5.14. The van der Waals surface area contributed by atoms with Crippen molar-refractivity contribution in [3.8, 4) is 0 Å². The van der Waals surface area contributed by atoms with Crippen LogP contribution in [-0.4, -0.2) is 18.2 Å². The van der Waals surface area contributed by atoms with Crippen molar-refractivity contribution in [1.82, 2.24) is 4.90 Å². The second-order valence-corrected chi connectivity index (χ2v) is 3.92. The first-order valence-corrected chi connectivity index (χ1v) is 5.37. The molecule has 3 heteroatoms. The molecule has 0 aliphatic heterocycles. The Morgan fingerprint density at radius 1 is 1.47 bits per heavy atom. The Hall–Kier alpha value is -1.90. The monoisotopic (exact) mass is 233 g/mol. The fourth-order valence-electron chi connectivity index (χ4n) is 1.36. The number of rotatable bonds is 5. The highest BCUT2D eigenvalue weighted by Gasteiger charge is 1.96. The Morgan fingerprint density at radius 3 is 2.88 bits per heavy atom. The Morgan fingerprint density at radius 2 is 2.24 bits per heavy atom. The van der Waals surface area contributed by atoms with E-state index in [1.807, 2.05) is 24.2 Å². The number of carbonyl (C=O) groups excluding carboxylic acids is 1. The van der Waals surface area contributed by atoms with Gasteiger partial charge in [-0.1, -0.05) is 18.2 Å². The van der Waals surface area contributed by atoms with Crippen LogP contribution >= 0.6 is 0 Å². The minimum atomic E-state index is -0.225. The fourth-order valence-corrected chi connectivity index (χ4v) is 1.36. The smallest absolute Gasteiger partial charge is 0.145 e. The number of benzene rings is 1. The number of halogens is 1. The summed E-state index contributed by atoms with van der Waals surface area (Å²) >= 11 is 0. The highest BCUT2D eigenvalue weighted by molar-refractivity contribution is 5.72. The first kappa shape index (κ1) is 13.2. The maximum absolute atomic E-state index is 12.9. The van der Waals surface area contributed by atoms with E-state index in [9.17, 15) is 9.18 Å². The summed E-state index contributed by atoms with van der Waals surface area (Å²) in [6.45, 7) is 2.37. The predicted octanol–water partition coefficient (Wildman–Crippen LogP) is 2.92. The third-order valence-corrected chi connectivity index (χ3v) is 2.21. The molecule has 1 rings (SSSR count). The molecule has 17 heavy (non-hydrogen) atoms. The molecular formula is C14H16FNO. The number of nitrogens with zero attached hydrogens (tertiary/aromatic N) is 1. The van der Waals surface area contributed by atoms with Crippen molar-refractivity contribution in [2.75, 3.05) is 7.05 Å². The van der Waals surface area contributed by atoms with Gasteiger partial charge in [0, 0.05) is 13.6 Å².